The van der Waals surface area contributed by atoms with Gasteiger partial charge in [0, 0.05) is 19.3 Å². The van der Waals surface area contributed by atoms with Crippen molar-refractivity contribution >= 4 is 23.9 Å². The van der Waals surface area contributed by atoms with Gasteiger partial charge in [-0.1, -0.05) is 222 Å². The minimum atomic E-state index is -1.92. The van der Waals surface area contributed by atoms with Crippen molar-refractivity contribution in [1.82, 2.24) is 0 Å². The number of hydrogen-bond donors (Lipinski definition) is 3. The van der Waals surface area contributed by atoms with E-state index >= 15 is 0 Å². The molecule has 0 aromatic rings. The van der Waals surface area contributed by atoms with Crippen molar-refractivity contribution in [2.45, 2.75) is 276 Å². The molecule has 1 heterocycles. The number of aliphatic hydroxyl groups is 2. The minimum absolute atomic E-state index is 0.0350. The Morgan fingerprint density at radius 1 is 0.466 bits per heavy atom. The molecule has 1 saturated heterocycles. The van der Waals surface area contributed by atoms with Gasteiger partial charge in [0.2, 0.25) is 0 Å². The van der Waals surface area contributed by atoms with Gasteiger partial charge in [-0.3, -0.25) is 14.4 Å². The lowest BCUT2D eigenvalue weighted by molar-refractivity contribution is -0.301. The maximum absolute atomic E-state index is 13.1. The molecule has 0 aliphatic carbocycles. The predicted octanol–water partition coefficient (Wildman–Crippen LogP) is 14.6. The number of carbonyl (C=O) groups is 4. The molecule has 1 aliphatic heterocycles. The van der Waals surface area contributed by atoms with Crippen molar-refractivity contribution in [2.24, 2.45) is 0 Å². The molecule has 1 aliphatic rings. The molecule has 0 saturated carbocycles. The molecule has 6 atom stereocenters. The normalized spacial score (nSPS) is 18.8. The number of aliphatic hydroxyl groups excluding tert-OH is 2. The second-order valence-electron chi connectivity index (χ2n) is 19.5. The van der Waals surface area contributed by atoms with Gasteiger partial charge in [0.25, 0.3) is 0 Å². The molecule has 1 fully saturated rings. The van der Waals surface area contributed by atoms with E-state index in [-0.39, 0.29) is 25.9 Å². The molecular formula is C61H102O12. The van der Waals surface area contributed by atoms with Crippen LogP contribution in [-0.4, -0.2) is 89.2 Å². The third kappa shape index (κ3) is 39.3. The lowest BCUT2D eigenvalue weighted by Gasteiger charge is -2.40. The summed E-state index contributed by atoms with van der Waals surface area (Å²) in [5.41, 5.74) is 0. The number of allylic oxidation sites excluding steroid dienone is 12. The van der Waals surface area contributed by atoms with Crippen LogP contribution >= 0.6 is 0 Å². The summed E-state index contributed by atoms with van der Waals surface area (Å²) in [4.78, 5) is 51.0. The van der Waals surface area contributed by atoms with E-state index in [0.717, 1.165) is 89.9 Å². The van der Waals surface area contributed by atoms with Gasteiger partial charge in [-0.15, -0.1) is 0 Å². The number of aliphatic carboxylic acids is 1. The Kier molecular flexibility index (Phi) is 45.1. The lowest BCUT2D eigenvalue weighted by Crippen LogP contribution is -2.61. The predicted molar refractivity (Wildman–Crippen MR) is 294 cm³/mol. The number of carbonyl (C=O) groups excluding carboxylic acids is 3. The molecule has 3 N–H and O–H groups in total. The molecule has 12 heteroatoms. The van der Waals surface area contributed by atoms with Gasteiger partial charge in [-0.25, -0.2) is 4.79 Å². The molecule has 1 rings (SSSR count). The lowest BCUT2D eigenvalue weighted by atomic mass is 9.98. The maximum atomic E-state index is 13.1. The zero-order valence-electron chi connectivity index (χ0n) is 45.9. The van der Waals surface area contributed by atoms with Gasteiger partial charge >= 0.3 is 23.9 Å². The van der Waals surface area contributed by atoms with E-state index < -0.39 is 67.3 Å². The zero-order chi connectivity index (χ0) is 53.3. The highest BCUT2D eigenvalue weighted by Crippen LogP contribution is 2.26. The standard InChI is InChI=1S/C61H102O12/c1-4-7-10-13-16-19-22-25-26-27-28-31-32-35-38-41-44-47-53(62)69-50-52(71-54(63)48-45-42-39-36-33-29-23-20-17-14-11-8-5-2)51-70-61-59(57(66)56(65)58(73-61)60(67)68)72-55(64)49-46-43-40-37-34-30-24-21-18-15-12-9-6-3/h8,11-12,15,17,20-21,24,29,33,39,42,52,56-59,61,65-66H,4-7,9-10,13-14,16,18-19,22-23,25-28,30-32,34-38,40-41,43-51H2,1-3H3,(H,67,68)/b11-8-,15-12-,20-17-,24-21-,33-29-,42-39-. The summed E-state index contributed by atoms with van der Waals surface area (Å²) >= 11 is 0. The average molecular weight is 1030 g/mol. The van der Waals surface area contributed by atoms with Crippen LogP contribution in [0.5, 0.6) is 0 Å². The third-order valence-electron chi connectivity index (χ3n) is 12.8. The first kappa shape index (κ1) is 67.2. The Morgan fingerprint density at radius 3 is 1.42 bits per heavy atom. The fraction of sp³-hybridized carbons (Fsp3) is 0.738. The second kappa shape index (κ2) is 49.1. The van der Waals surface area contributed by atoms with Crippen molar-refractivity contribution < 1.29 is 58.2 Å². The number of esters is 3. The Balaban J connectivity index is 2.72. The van der Waals surface area contributed by atoms with Gasteiger partial charge in [-0.2, -0.15) is 0 Å². The summed E-state index contributed by atoms with van der Waals surface area (Å²) < 4.78 is 28.3. The van der Waals surface area contributed by atoms with Gasteiger partial charge in [0.15, 0.2) is 24.6 Å². The number of rotatable bonds is 48. The van der Waals surface area contributed by atoms with E-state index in [1.807, 2.05) is 12.2 Å². The van der Waals surface area contributed by atoms with E-state index in [4.69, 9.17) is 23.7 Å². The van der Waals surface area contributed by atoms with Crippen molar-refractivity contribution in [3.63, 3.8) is 0 Å². The summed E-state index contributed by atoms with van der Waals surface area (Å²) in [5.74, 6) is -3.24. The smallest absolute Gasteiger partial charge is 0.335 e. The van der Waals surface area contributed by atoms with Crippen molar-refractivity contribution in [3.05, 3.63) is 72.9 Å². The van der Waals surface area contributed by atoms with Crippen LogP contribution in [0.1, 0.15) is 239 Å². The Hall–Kier alpha value is -3.84. The number of carboxylic acids is 1. The summed E-state index contributed by atoms with van der Waals surface area (Å²) in [6, 6.07) is 0. The summed E-state index contributed by atoms with van der Waals surface area (Å²) in [6.07, 6.45) is 49.0. The Labute approximate surface area is 442 Å². The molecule has 12 nitrogen and oxygen atoms in total. The molecule has 0 aromatic heterocycles. The molecule has 6 unspecified atom stereocenters. The highest BCUT2D eigenvalue weighted by molar-refractivity contribution is 5.74. The van der Waals surface area contributed by atoms with Crippen LogP contribution in [0.4, 0.5) is 0 Å². The minimum Gasteiger partial charge on any atom is -0.479 e. The zero-order valence-corrected chi connectivity index (χ0v) is 45.9. The van der Waals surface area contributed by atoms with Crippen molar-refractivity contribution in [3.8, 4) is 0 Å². The van der Waals surface area contributed by atoms with E-state index in [0.29, 0.717) is 25.7 Å². The number of unbranched alkanes of at least 4 members (excludes halogenated alkanes) is 22. The van der Waals surface area contributed by atoms with Crippen LogP contribution in [0, 0.1) is 0 Å². The van der Waals surface area contributed by atoms with Crippen LogP contribution in [0.15, 0.2) is 72.9 Å². The molecule has 73 heavy (non-hydrogen) atoms. The maximum Gasteiger partial charge on any atom is 0.335 e. The highest BCUT2D eigenvalue weighted by atomic mass is 16.7. The van der Waals surface area contributed by atoms with Gasteiger partial charge < -0.3 is 39.0 Å². The summed E-state index contributed by atoms with van der Waals surface area (Å²) in [5, 5.41) is 31.4. The molecule has 0 radical (unpaired) electrons. The fourth-order valence-electron chi connectivity index (χ4n) is 8.36. The Bertz CT molecular complexity index is 1550. The van der Waals surface area contributed by atoms with Gasteiger partial charge in [0.1, 0.15) is 18.8 Å². The van der Waals surface area contributed by atoms with Crippen molar-refractivity contribution in [2.75, 3.05) is 13.2 Å². The topological polar surface area (TPSA) is 175 Å². The first-order valence-corrected chi connectivity index (χ1v) is 28.9. The van der Waals surface area contributed by atoms with E-state index in [2.05, 4.69) is 81.5 Å². The van der Waals surface area contributed by atoms with Gasteiger partial charge in [-0.05, 0) is 70.6 Å². The van der Waals surface area contributed by atoms with Crippen LogP contribution in [0.25, 0.3) is 0 Å². The first-order chi connectivity index (χ1) is 35.6. The second-order valence-corrected chi connectivity index (χ2v) is 19.5. The highest BCUT2D eigenvalue weighted by Gasteiger charge is 2.50. The molecule has 0 amide bonds. The molecule has 418 valence electrons. The third-order valence-corrected chi connectivity index (χ3v) is 12.8. The summed E-state index contributed by atoms with van der Waals surface area (Å²) in [6.45, 7) is 5.74. The summed E-state index contributed by atoms with van der Waals surface area (Å²) in [7, 11) is 0. The van der Waals surface area contributed by atoms with E-state index in [1.54, 1.807) is 0 Å². The van der Waals surface area contributed by atoms with Crippen LogP contribution in [0.2, 0.25) is 0 Å². The number of hydrogen-bond acceptors (Lipinski definition) is 11. The fourth-order valence-corrected chi connectivity index (χ4v) is 8.36. The number of ether oxygens (including phenoxy) is 5. The quantitative estimate of drug-likeness (QED) is 0.0228. The van der Waals surface area contributed by atoms with Crippen molar-refractivity contribution in [1.29, 1.82) is 0 Å². The molecular weight excluding hydrogens is 925 g/mol. The van der Waals surface area contributed by atoms with E-state index in [1.165, 1.54) is 83.5 Å². The Morgan fingerprint density at radius 2 is 0.918 bits per heavy atom. The molecule has 0 bridgehead atoms. The SMILES string of the molecule is CC/C=C\C/C=C\C/C=C\C/C=C\CCC(=O)OC(COC(=O)CCCCCCCCCCCCCCCCCCC)COC1OC(C(=O)O)C(O)C(O)C1OC(=O)CCCCCCC/C=C\C/C=C\CCC. The van der Waals surface area contributed by atoms with Crippen LogP contribution < -0.4 is 0 Å². The average Bonchev–Trinajstić information content (AvgIpc) is 3.37. The largest absolute Gasteiger partial charge is 0.479 e. The molecule has 0 aromatic carbocycles. The number of carboxylic acid groups (broad SMARTS) is 1. The van der Waals surface area contributed by atoms with Crippen LogP contribution in [-0.2, 0) is 42.9 Å². The monoisotopic (exact) mass is 1030 g/mol. The molecule has 0 spiro atoms. The first-order valence-electron chi connectivity index (χ1n) is 28.9. The van der Waals surface area contributed by atoms with Gasteiger partial charge in [0.05, 0.1) is 6.61 Å². The van der Waals surface area contributed by atoms with E-state index in [9.17, 15) is 34.5 Å². The van der Waals surface area contributed by atoms with Crippen LogP contribution in [0.3, 0.4) is 0 Å².